The molecule has 2 aromatic carbocycles. The molecule has 138 valence electrons. The molecule has 0 spiro atoms. The van der Waals surface area contributed by atoms with Gasteiger partial charge in [0.1, 0.15) is 5.75 Å². The third kappa shape index (κ3) is 5.03. The fourth-order valence-electron chi connectivity index (χ4n) is 2.84. The maximum atomic E-state index is 14.3. The first-order chi connectivity index (χ1) is 12.6. The van der Waals surface area contributed by atoms with E-state index in [4.69, 9.17) is 9.47 Å². The molecule has 1 aliphatic rings. The van der Waals surface area contributed by atoms with E-state index in [-0.39, 0.29) is 23.7 Å². The quantitative estimate of drug-likeness (QED) is 0.833. The molecule has 2 unspecified atom stereocenters. The predicted molar refractivity (Wildman–Crippen MR) is 96.7 cm³/mol. The zero-order valence-corrected chi connectivity index (χ0v) is 14.7. The Bertz CT molecular complexity index is 733. The number of morpholine rings is 1. The Morgan fingerprint density at radius 3 is 2.85 bits per heavy atom. The van der Waals surface area contributed by atoms with Crippen LogP contribution in [0, 0.1) is 5.82 Å². The van der Waals surface area contributed by atoms with Crippen LogP contribution in [0.3, 0.4) is 0 Å². The Kier molecular flexibility index (Phi) is 6.20. The highest BCUT2D eigenvalue weighted by Crippen LogP contribution is 2.26. The van der Waals surface area contributed by atoms with Crippen LogP contribution in [-0.2, 0) is 9.53 Å². The molecule has 0 aromatic heterocycles. The smallest absolute Gasteiger partial charge is 0.222 e. The highest BCUT2D eigenvalue weighted by Gasteiger charge is 2.19. The molecule has 1 saturated heterocycles. The second-order valence-corrected chi connectivity index (χ2v) is 6.32. The molecule has 2 N–H and O–H groups in total. The maximum absolute atomic E-state index is 14.3. The van der Waals surface area contributed by atoms with Crippen LogP contribution >= 0.6 is 0 Å². The summed E-state index contributed by atoms with van der Waals surface area (Å²) in [5, 5.41) is 6.14. The van der Waals surface area contributed by atoms with Crippen molar-refractivity contribution >= 4 is 5.91 Å². The second kappa shape index (κ2) is 8.78. The lowest BCUT2D eigenvalue weighted by atomic mass is 10.1. The van der Waals surface area contributed by atoms with Crippen LogP contribution in [-0.4, -0.2) is 31.7 Å². The largest absolute Gasteiger partial charge is 0.454 e. The Hall–Kier alpha value is -2.44. The minimum absolute atomic E-state index is 0.0225. The number of carbonyl (C=O) groups excluding carboxylic acids is 1. The van der Waals surface area contributed by atoms with Crippen LogP contribution in [0.5, 0.6) is 11.5 Å². The number of carbonyl (C=O) groups is 1. The lowest BCUT2D eigenvalue weighted by molar-refractivity contribution is -0.122. The molecule has 1 amide bonds. The van der Waals surface area contributed by atoms with Gasteiger partial charge in [-0.3, -0.25) is 4.79 Å². The lowest BCUT2D eigenvalue weighted by Gasteiger charge is -2.24. The third-order valence-corrected chi connectivity index (χ3v) is 4.23. The number of amides is 1. The van der Waals surface area contributed by atoms with Gasteiger partial charge in [-0.1, -0.05) is 24.3 Å². The molecule has 0 aliphatic carbocycles. The highest BCUT2D eigenvalue weighted by atomic mass is 19.1. The van der Waals surface area contributed by atoms with Gasteiger partial charge in [0.2, 0.25) is 5.91 Å². The van der Waals surface area contributed by atoms with Gasteiger partial charge in [0.25, 0.3) is 0 Å². The third-order valence-electron chi connectivity index (χ3n) is 4.23. The Labute approximate surface area is 152 Å². The fraction of sp³-hybridized carbons (Fsp3) is 0.350. The van der Waals surface area contributed by atoms with Gasteiger partial charge >= 0.3 is 0 Å². The van der Waals surface area contributed by atoms with Crippen molar-refractivity contribution in [3.8, 4) is 11.5 Å². The monoisotopic (exact) mass is 358 g/mol. The average Bonchev–Trinajstić information content (AvgIpc) is 2.65. The molecule has 0 bridgehead atoms. The van der Waals surface area contributed by atoms with Crippen molar-refractivity contribution in [3.05, 3.63) is 59.9 Å². The molecule has 0 saturated carbocycles. The lowest BCUT2D eigenvalue weighted by Crippen LogP contribution is -2.44. The Morgan fingerprint density at radius 2 is 2.15 bits per heavy atom. The van der Waals surface area contributed by atoms with Crippen LogP contribution in [0.25, 0.3) is 0 Å². The van der Waals surface area contributed by atoms with Crippen LogP contribution in [0.1, 0.15) is 24.9 Å². The second-order valence-electron chi connectivity index (χ2n) is 6.32. The minimum atomic E-state index is -0.463. The summed E-state index contributed by atoms with van der Waals surface area (Å²) in [4.78, 5) is 12.2. The van der Waals surface area contributed by atoms with E-state index in [1.165, 1.54) is 6.07 Å². The molecule has 1 heterocycles. The number of hydrogen-bond donors (Lipinski definition) is 2. The first-order valence-corrected chi connectivity index (χ1v) is 8.74. The fourth-order valence-corrected chi connectivity index (χ4v) is 2.84. The van der Waals surface area contributed by atoms with Crippen molar-refractivity contribution in [3.63, 3.8) is 0 Å². The van der Waals surface area contributed by atoms with Gasteiger partial charge in [-0.25, -0.2) is 4.39 Å². The molecule has 0 radical (unpaired) electrons. The summed E-state index contributed by atoms with van der Waals surface area (Å²) >= 11 is 0. The topological polar surface area (TPSA) is 59.6 Å². The maximum Gasteiger partial charge on any atom is 0.222 e. The first kappa shape index (κ1) is 18.4. The Morgan fingerprint density at radius 1 is 1.35 bits per heavy atom. The Balaban J connectivity index is 1.58. The van der Waals surface area contributed by atoms with Gasteiger partial charge < -0.3 is 20.1 Å². The summed E-state index contributed by atoms with van der Waals surface area (Å²) in [6.07, 6.45) is 0.335. The van der Waals surface area contributed by atoms with Crippen LogP contribution in [0.4, 0.5) is 4.39 Å². The van der Waals surface area contributed by atoms with Crippen molar-refractivity contribution < 1.29 is 18.7 Å². The van der Waals surface area contributed by atoms with Gasteiger partial charge in [-0.2, -0.15) is 0 Å². The summed E-state index contributed by atoms with van der Waals surface area (Å²) < 4.78 is 25.2. The van der Waals surface area contributed by atoms with Crippen LogP contribution < -0.4 is 15.4 Å². The van der Waals surface area contributed by atoms with E-state index < -0.39 is 5.82 Å². The van der Waals surface area contributed by atoms with Crippen LogP contribution in [0.15, 0.2) is 48.5 Å². The zero-order valence-electron chi connectivity index (χ0n) is 14.7. The minimum Gasteiger partial charge on any atom is -0.454 e. The van der Waals surface area contributed by atoms with Crippen molar-refractivity contribution in [2.24, 2.45) is 0 Å². The molecule has 2 atom stereocenters. The van der Waals surface area contributed by atoms with Gasteiger partial charge in [-0.05, 0) is 36.8 Å². The normalized spacial score (nSPS) is 18.2. The molecule has 1 fully saturated rings. The van der Waals surface area contributed by atoms with Crippen molar-refractivity contribution in [1.29, 1.82) is 0 Å². The molecule has 3 rings (SSSR count). The zero-order chi connectivity index (χ0) is 18.4. The number of ether oxygens (including phenoxy) is 2. The summed E-state index contributed by atoms with van der Waals surface area (Å²) in [6, 6.07) is 13.5. The SMILES string of the molecule is CC(NC(=O)CC1COCCN1)c1ccc(Oc2ccccc2)c(F)c1. The molecular weight excluding hydrogens is 335 g/mol. The summed E-state index contributed by atoms with van der Waals surface area (Å²) in [5.41, 5.74) is 0.684. The molecular formula is C20H23FN2O3. The standard InChI is InChI=1S/C20H23FN2O3/c1-14(23-20(24)12-16-13-25-10-9-22-16)15-7-8-19(18(21)11-15)26-17-5-3-2-4-6-17/h2-8,11,14,16,22H,9-10,12-13H2,1H3,(H,23,24). The number of hydrogen-bond acceptors (Lipinski definition) is 4. The molecule has 2 aromatic rings. The first-order valence-electron chi connectivity index (χ1n) is 8.74. The molecule has 26 heavy (non-hydrogen) atoms. The molecule has 6 heteroatoms. The summed E-state index contributed by atoms with van der Waals surface area (Å²) in [7, 11) is 0. The number of halogens is 1. The van der Waals surface area contributed by atoms with E-state index in [1.54, 1.807) is 24.3 Å². The summed E-state index contributed by atoms with van der Waals surface area (Å²) in [5.74, 6) is 0.171. The van der Waals surface area contributed by atoms with E-state index in [2.05, 4.69) is 10.6 Å². The number of rotatable bonds is 6. The van der Waals surface area contributed by atoms with Crippen LogP contribution in [0.2, 0.25) is 0 Å². The van der Waals surface area contributed by atoms with Crippen molar-refractivity contribution in [2.75, 3.05) is 19.8 Å². The van der Waals surface area contributed by atoms with Gasteiger partial charge in [-0.15, -0.1) is 0 Å². The van der Waals surface area contributed by atoms with Gasteiger partial charge in [0.05, 0.1) is 19.3 Å². The predicted octanol–water partition coefficient (Wildman–Crippen LogP) is 3.17. The highest BCUT2D eigenvalue weighted by molar-refractivity contribution is 5.77. The average molecular weight is 358 g/mol. The number of nitrogens with one attached hydrogen (secondary N) is 2. The van der Waals surface area contributed by atoms with Crippen molar-refractivity contribution in [2.45, 2.75) is 25.4 Å². The van der Waals surface area contributed by atoms with Crippen molar-refractivity contribution in [1.82, 2.24) is 10.6 Å². The van der Waals surface area contributed by atoms with E-state index in [0.717, 1.165) is 6.54 Å². The van der Waals surface area contributed by atoms with E-state index >= 15 is 0 Å². The van der Waals surface area contributed by atoms with Gasteiger partial charge in [0, 0.05) is 19.0 Å². The molecule has 5 nitrogen and oxygen atoms in total. The van der Waals surface area contributed by atoms with E-state index in [0.29, 0.717) is 30.9 Å². The number of benzene rings is 2. The van der Waals surface area contributed by atoms with Gasteiger partial charge in [0.15, 0.2) is 11.6 Å². The summed E-state index contributed by atoms with van der Waals surface area (Å²) in [6.45, 7) is 3.78. The van der Waals surface area contributed by atoms with E-state index in [9.17, 15) is 9.18 Å². The number of para-hydroxylation sites is 1. The molecule has 1 aliphatic heterocycles. The van der Waals surface area contributed by atoms with E-state index in [1.807, 2.05) is 25.1 Å².